The number of aromatic nitrogens is 1. The molecule has 1 atom stereocenters. The van der Waals surface area contributed by atoms with Crippen LogP contribution in [0.2, 0.25) is 0 Å². The molecule has 194 valence electrons. The summed E-state index contributed by atoms with van der Waals surface area (Å²) in [6.07, 6.45) is 1.69. The average molecular weight is 519 g/mol. The molecule has 0 saturated heterocycles. The number of pyridine rings is 1. The molecule has 0 radical (unpaired) electrons. The number of benzene rings is 3. The molecule has 0 saturated carbocycles. The van der Waals surface area contributed by atoms with Crippen molar-refractivity contribution in [1.29, 1.82) is 0 Å². The van der Waals surface area contributed by atoms with Gasteiger partial charge in [0.15, 0.2) is 16.9 Å². The number of aryl methyl sites for hydroxylation is 2. The first-order chi connectivity index (χ1) is 18.9. The second-order valence-electron chi connectivity index (χ2n) is 9.63. The molecule has 5 aromatic rings. The fourth-order valence-corrected chi connectivity index (χ4v) is 4.95. The van der Waals surface area contributed by atoms with E-state index in [-0.39, 0.29) is 16.8 Å². The Balaban J connectivity index is 1.49. The fraction of sp³-hybridized carbons (Fsp3) is 0.156. The SMILES string of the molecule is COc1cc(C2c3c(oc4ccc(C)cc4c3=O)C(=O)N2c2ccc(C)cn2)ccc1OCc1ccccc1. The van der Waals surface area contributed by atoms with Crippen LogP contribution in [0.1, 0.15) is 44.4 Å². The molecule has 1 aliphatic rings. The fourth-order valence-electron chi connectivity index (χ4n) is 4.95. The molecular formula is C32H26N2O5. The van der Waals surface area contributed by atoms with Crippen LogP contribution < -0.4 is 19.8 Å². The Morgan fingerprint density at radius 3 is 2.44 bits per heavy atom. The van der Waals surface area contributed by atoms with Gasteiger partial charge in [0.25, 0.3) is 5.91 Å². The molecule has 0 spiro atoms. The van der Waals surface area contributed by atoms with Gasteiger partial charge >= 0.3 is 0 Å². The van der Waals surface area contributed by atoms with E-state index >= 15 is 0 Å². The van der Waals surface area contributed by atoms with Crippen LogP contribution in [0.25, 0.3) is 11.0 Å². The van der Waals surface area contributed by atoms with E-state index in [1.165, 1.54) is 4.90 Å². The van der Waals surface area contributed by atoms with Gasteiger partial charge in [-0.3, -0.25) is 14.5 Å². The van der Waals surface area contributed by atoms with Crippen molar-refractivity contribution in [2.24, 2.45) is 0 Å². The largest absolute Gasteiger partial charge is 0.493 e. The van der Waals surface area contributed by atoms with Crippen molar-refractivity contribution >= 4 is 22.7 Å². The Kier molecular flexibility index (Phi) is 6.11. The molecule has 7 nitrogen and oxygen atoms in total. The summed E-state index contributed by atoms with van der Waals surface area (Å²) in [5, 5.41) is 0.431. The van der Waals surface area contributed by atoms with Gasteiger partial charge in [0.1, 0.15) is 18.0 Å². The van der Waals surface area contributed by atoms with Gasteiger partial charge in [-0.1, -0.05) is 54.1 Å². The highest BCUT2D eigenvalue weighted by atomic mass is 16.5. The Hall–Kier alpha value is -4.91. The maximum atomic E-state index is 13.9. The molecule has 0 fully saturated rings. The third-order valence-corrected chi connectivity index (χ3v) is 6.91. The molecular weight excluding hydrogens is 492 g/mol. The molecule has 0 bridgehead atoms. The number of hydrogen-bond donors (Lipinski definition) is 0. The van der Waals surface area contributed by atoms with Gasteiger partial charge in [0.2, 0.25) is 5.76 Å². The number of nitrogens with zero attached hydrogens (tertiary/aromatic N) is 2. The maximum Gasteiger partial charge on any atom is 0.296 e. The number of methoxy groups -OCH3 is 1. The number of carbonyl (C=O) groups excluding carboxylic acids is 1. The van der Waals surface area contributed by atoms with Crippen LogP contribution in [0.5, 0.6) is 11.5 Å². The standard InChI is InChI=1S/C32H26N2O5/c1-19-9-12-24-23(15-19)30(35)28-29(34(32(36)31(28)39-24)27-14-10-20(2)17-33-27)22-11-13-25(26(16-22)37-3)38-18-21-7-5-4-6-8-21/h4-17,29H,18H2,1-3H3. The normalized spacial score (nSPS) is 14.5. The van der Waals surface area contributed by atoms with Crippen LogP contribution in [-0.2, 0) is 6.61 Å². The van der Waals surface area contributed by atoms with Crippen molar-refractivity contribution in [2.75, 3.05) is 12.0 Å². The van der Waals surface area contributed by atoms with Crippen molar-refractivity contribution in [2.45, 2.75) is 26.5 Å². The second kappa shape index (κ2) is 9.76. The van der Waals surface area contributed by atoms with Crippen molar-refractivity contribution in [3.8, 4) is 11.5 Å². The average Bonchev–Trinajstić information content (AvgIpc) is 3.25. The van der Waals surface area contributed by atoms with E-state index in [1.807, 2.05) is 62.4 Å². The molecule has 1 aliphatic heterocycles. The molecule has 6 rings (SSSR count). The van der Waals surface area contributed by atoms with Crippen LogP contribution in [0.3, 0.4) is 0 Å². The van der Waals surface area contributed by atoms with Gasteiger partial charge < -0.3 is 13.9 Å². The zero-order chi connectivity index (χ0) is 27.1. The third kappa shape index (κ3) is 4.32. The van der Waals surface area contributed by atoms with E-state index in [0.717, 1.165) is 16.7 Å². The third-order valence-electron chi connectivity index (χ3n) is 6.91. The summed E-state index contributed by atoms with van der Waals surface area (Å²) in [5.74, 6) is 1.06. The van der Waals surface area contributed by atoms with Crippen molar-refractivity contribution < 1.29 is 18.7 Å². The summed E-state index contributed by atoms with van der Waals surface area (Å²) >= 11 is 0. The van der Waals surface area contributed by atoms with Gasteiger partial charge in [-0.05, 0) is 60.9 Å². The first-order valence-corrected chi connectivity index (χ1v) is 12.6. The number of rotatable bonds is 6. The topological polar surface area (TPSA) is 81.9 Å². The molecule has 39 heavy (non-hydrogen) atoms. The second-order valence-corrected chi connectivity index (χ2v) is 9.63. The van der Waals surface area contributed by atoms with Crippen molar-refractivity contribution in [3.63, 3.8) is 0 Å². The predicted octanol–water partition coefficient (Wildman–Crippen LogP) is 6.14. The number of amides is 1. The summed E-state index contributed by atoms with van der Waals surface area (Å²) in [6.45, 7) is 4.21. The number of ether oxygens (including phenoxy) is 2. The number of carbonyl (C=O) groups is 1. The summed E-state index contributed by atoms with van der Waals surface area (Å²) in [6, 6.07) is 23.5. The van der Waals surface area contributed by atoms with Crippen LogP contribution in [0.15, 0.2) is 94.3 Å². The minimum atomic E-state index is -0.763. The summed E-state index contributed by atoms with van der Waals surface area (Å²) in [4.78, 5) is 33.7. The first kappa shape index (κ1) is 24.4. The lowest BCUT2D eigenvalue weighted by molar-refractivity contribution is 0.0970. The monoisotopic (exact) mass is 518 g/mol. The quantitative estimate of drug-likeness (QED) is 0.269. The van der Waals surface area contributed by atoms with Gasteiger partial charge in [-0.15, -0.1) is 0 Å². The van der Waals surface area contributed by atoms with E-state index in [4.69, 9.17) is 13.9 Å². The van der Waals surface area contributed by atoms with Gasteiger partial charge in [-0.2, -0.15) is 0 Å². The zero-order valence-corrected chi connectivity index (χ0v) is 21.8. The van der Waals surface area contributed by atoms with Crippen LogP contribution in [0.4, 0.5) is 5.82 Å². The van der Waals surface area contributed by atoms with E-state index in [0.29, 0.717) is 40.5 Å². The van der Waals surface area contributed by atoms with Crippen molar-refractivity contribution in [3.05, 3.63) is 129 Å². The Morgan fingerprint density at radius 1 is 0.897 bits per heavy atom. The number of hydrogen-bond acceptors (Lipinski definition) is 6. The minimum absolute atomic E-state index is 0.0205. The van der Waals surface area contributed by atoms with E-state index in [9.17, 15) is 9.59 Å². The smallest absolute Gasteiger partial charge is 0.296 e. The van der Waals surface area contributed by atoms with Crippen LogP contribution in [0, 0.1) is 13.8 Å². The highest BCUT2D eigenvalue weighted by Crippen LogP contribution is 2.43. The lowest BCUT2D eigenvalue weighted by Gasteiger charge is -2.25. The van der Waals surface area contributed by atoms with Gasteiger partial charge in [-0.25, -0.2) is 4.98 Å². The van der Waals surface area contributed by atoms with E-state index < -0.39 is 11.9 Å². The predicted molar refractivity (Wildman–Crippen MR) is 149 cm³/mol. The number of fused-ring (bicyclic) bond motifs is 2. The molecule has 7 heteroatoms. The molecule has 3 aromatic carbocycles. The van der Waals surface area contributed by atoms with Gasteiger partial charge in [0, 0.05) is 6.20 Å². The Morgan fingerprint density at radius 2 is 1.69 bits per heavy atom. The highest BCUT2D eigenvalue weighted by Gasteiger charge is 2.44. The first-order valence-electron chi connectivity index (χ1n) is 12.6. The molecule has 2 aromatic heterocycles. The Labute approximate surface area is 225 Å². The maximum absolute atomic E-state index is 13.9. The molecule has 1 unspecified atom stereocenters. The van der Waals surface area contributed by atoms with Gasteiger partial charge in [0.05, 0.1) is 24.1 Å². The lowest BCUT2D eigenvalue weighted by atomic mass is 9.97. The minimum Gasteiger partial charge on any atom is -0.493 e. The van der Waals surface area contributed by atoms with Crippen molar-refractivity contribution in [1.82, 2.24) is 4.98 Å². The highest BCUT2D eigenvalue weighted by molar-refractivity contribution is 6.10. The lowest BCUT2D eigenvalue weighted by Crippen LogP contribution is -2.30. The summed E-state index contributed by atoms with van der Waals surface area (Å²) < 4.78 is 17.8. The molecule has 0 aliphatic carbocycles. The molecule has 1 amide bonds. The van der Waals surface area contributed by atoms with E-state index in [1.54, 1.807) is 43.6 Å². The Bertz CT molecular complexity index is 1760. The van der Waals surface area contributed by atoms with E-state index in [2.05, 4.69) is 4.98 Å². The summed E-state index contributed by atoms with van der Waals surface area (Å²) in [5.41, 5.74) is 3.98. The zero-order valence-electron chi connectivity index (χ0n) is 21.8. The molecule has 3 heterocycles. The summed E-state index contributed by atoms with van der Waals surface area (Å²) in [7, 11) is 1.56. The molecule has 0 N–H and O–H groups in total. The number of anilines is 1. The van der Waals surface area contributed by atoms with Crippen LogP contribution >= 0.6 is 0 Å². The van der Waals surface area contributed by atoms with Crippen LogP contribution in [-0.4, -0.2) is 18.0 Å².